The van der Waals surface area contributed by atoms with Gasteiger partial charge in [0.05, 0.1) is 16.6 Å². The molecule has 0 spiro atoms. The van der Waals surface area contributed by atoms with Gasteiger partial charge in [-0.1, -0.05) is 0 Å². The Bertz CT molecular complexity index is 1150. The molecule has 0 aliphatic carbocycles. The Morgan fingerprint density at radius 1 is 1.20 bits per heavy atom. The number of halogens is 1. The second-order valence-electron chi connectivity index (χ2n) is 8.97. The third-order valence-corrected chi connectivity index (χ3v) is 6.69. The number of hydrogen-bond donors (Lipinski definition) is 0. The van der Waals surface area contributed by atoms with Gasteiger partial charge in [0, 0.05) is 25.8 Å². The van der Waals surface area contributed by atoms with Gasteiger partial charge in [-0.3, -0.25) is 9.69 Å². The summed E-state index contributed by atoms with van der Waals surface area (Å²) >= 11 is 0. The maximum atomic E-state index is 14.4. The highest BCUT2D eigenvalue weighted by Crippen LogP contribution is 2.31. The van der Waals surface area contributed by atoms with Crippen molar-refractivity contribution in [2.24, 2.45) is 0 Å². The van der Waals surface area contributed by atoms with Gasteiger partial charge < -0.3 is 14.2 Å². The Morgan fingerprint density at radius 3 is 2.43 bits per heavy atom. The second-order valence-corrected chi connectivity index (χ2v) is 11.0. The Kier molecular flexibility index (Phi) is 8.79. The van der Waals surface area contributed by atoms with E-state index in [0.717, 1.165) is 25.2 Å². The maximum Gasteiger partial charge on any atom is 0.229 e. The van der Waals surface area contributed by atoms with Gasteiger partial charge in [0.1, 0.15) is 24.4 Å². The van der Waals surface area contributed by atoms with E-state index in [2.05, 4.69) is 14.9 Å². The number of nitrogens with zero attached hydrogens (tertiary/aromatic N) is 3. The Labute approximate surface area is 205 Å². The van der Waals surface area contributed by atoms with Crippen molar-refractivity contribution < 1.29 is 31.8 Å². The lowest BCUT2D eigenvalue weighted by Gasteiger charge is -2.37. The highest BCUT2D eigenvalue weighted by atomic mass is 32.2. The first-order chi connectivity index (χ1) is 16.4. The van der Waals surface area contributed by atoms with Crippen molar-refractivity contribution >= 4 is 15.6 Å². The molecule has 1 aromatic carbocycles. The highest BCUT2D eigenvalue weighted by Gasteiger charge is 2.29. The fourth-order valence-electron chi connectivity index (χ4n) is 3.80. The third-order valence-electron chi connectivity index (χ3n) is 5.58. The van der Waals surface area contributed by atoms with Gasteiger partial charge in [-0.05, 0) is 58.7 Å². The fraction of sp³-hybridized carbons (Fsp3) is 0.542. The van der Waals surface area contributed by atoms with Crippen molar-refractivity contribution in [3.05, 3.63) is 35.9 Å². The molecule has 11 heteroatoms. The van der Waals surface area contributed by atoms with Crippen LogP contribution < -0.4 is 9.47 Å². The van der Waals surface area contributed by atoms with Crippen LogP contribution in [0, 0.1) is 12.7 Å². The molecule has 1 fully saturated rings. The number of benzene rings is 1. The molecule has 0 N–H and O–H groups in total. The molecular formula is C24H32FN3O6S. The molecular weight excluding hydrogens is 477 g/mol. The number of aromatic nitrogens is 2. The van der Waals surface area contributed by atoms with Crippen molar-refractivity contribution in [2.45, 2.75) is 70.3 Å². The van der Waals surface area contributed by atoms with Crippen LogP contribution in [-0.2, 0) is 19.4 Å². The number of Topliss-reactive ketones (excluding diaryl/α,β-unsaturated/α-hetero) is 1. The van der Waals surface area contributed by atoms with Gasteiger partial charge in [-0.25, -0.2) is 22.8 Å². The first-order valence-corrected chi connectivity index (χ1v) is 13.4. The van der Waals surface area contributed by atoms with Crippen molar-refractivity contribution in [1.29, 1.82) is 0 Å². The summed E-state index contributed by atoms with van der Waals surface area (Å²) in [4.78, 5) is 22.0. The van der Waals surface area contributed by atoms with Gasteiger partial charge in [-0.2, -0.15) is 0 Å². The zero-order valence-corrected chi connectivity index (χ0v) is 21.5. The lowest BCUT2D eigenvalue weighted by Crippen LogP contribution is -2.46. The van der Waals surface area contributed by atoms with Gasteiger partial charge in [0.15, 0.2) is 21.4 Å². The van der Waals surface area contributed by atoms with Crippen molar-refractivity contribution in [2.75, 3.05) is 19.3 Å². The minimum absolute atomic E-state index is 0.0165. The molecule has 1 unspecified atom stereocenters. The Morgan fingerprint density at radius 2 is 1.86 bits per heavy atom. The molecule has 1 saturated heterocycles. The lowest BCUT2D eigenvalue weighted by atomic mass is 10.1. The van der Waals surface area contributed by atoms with Crippen LogP contribution in [0.4, 0.5) is 4.39 Å². The quantitative estimate of drug-likeness (QED) is 0.474. The Hall–Kier alpha value is -2.63. The van der Waals surface area contributed by atoms with E-state index in [-0.39, 0.29) is 40.7 Å². The monoisotopic (exact) mass is 509 g/mol. The van der Waals surface area contributed by atoms with E-state index in [0.29, 0.717) is 31.0 Å². The average molecular weight is 510 g/mol. The molecule has 1 atom stereocenters. The number of likely N-dealkylation sites (tertiary alicyclic amines) is 1. The number of rotatable bonds is 10. The number of hydrogen-bond acceptors (Lipinski definition) is 9. The van der Waals surface area contributed by atoms with E-state index in [1.54, 1.807) is 13.8 Å². The first-order valence-electron chi connectivity index (χ1n) is 11.5. The molecule has 1 aliphatic rings. The highest BCUT2D eigenvalue weighted by molar-refractivity contribution is 7.90. The summed E-state index contributed by atoms with van der Waals surface area (Å²) in [7, 11) is -3.54. The van der Waals surface area contributed by atoms with E-state index in [1.807, 2.05) is 13.8 Å². The van der Waals surface area contributed by atoms with Crippen LogP contribution in [0.15, 0.2) is 29.4 Å². The Balaban J connectivity index is 1.65. The summed E-state index contributed by atoms with van der Waals surface area (Å²) in [6.07, 6.45) is 3.73. The van der Waals surface area contributed by atoms with Crippen LogP contribution >= 0.6 is 0 Å². The smallest absolute Gasteiger partial charge is 0.229 e. The minimum atomic E-state index is -3.54. The number of ether oxygens (including phenoxy) is 3. The molecule has 2 heterocycles. The van der Waals surface area contributed by atoms with Crippen LogP contribution in [0.3, 0.4) is 0 Å². The molecule has 1 aliphatic heterocycles. The molecule has 1 aromatic heterocycles. The third kappa shape index (κ3) is 7.42. The standard InChI is InChI=1S/C24H32FN3O6S/c1-15(2)32-22(12-16(3)29)28-10-8-18(9-11-28)33-23-17(4)24(27-14-26-23)34-21-7-6-19(13-20(21)25)35(5,30)31/h6-7,13-15,18,22H,8-12H2,1-5H3. The van der Waals surface area contributed by atoms with Crippen molar-refractivity contribution in [1.82, 2.24) is 14.9 Å². The second kappa shape index (κ2) is 11.4. The van der Waals surface area contributed by atoms with Crippen LogP contribution in [-0.4, -0.2) is 66.9 Å². The lowest BCUT2D eigenvalue weighted by molar-refractivity contribution is -0.133. The molecule has 0 bridgehead atoms. The first kappa shape index (κ1) is 27.0. The van der Waals surface area contributed by atoms with Crippen LogP contribution in [0.5, 0.6) is 17.5 Å². The van der Waals surface area contributed by atoms with Crippen LogP contribution in [0.1, 0.15) is 45.6 Å². The fourth-order valence-corrected chi connectivity index (χ4v) is 4.44. The van der Waals surface area contributed by atoms with E-state index >= 15 is 0 Å². The summed E-state index contributed by atoms with van der Waals surface area (Å²) in [5, 5.41) is 0. The van der Waals surface area contributed by atoms with E-state index in [1.165, 1.54) is 18.5 Å². The van der Waals surface area contributed by atoms with Crippen molar-refractivity contribution in [3.8, 4) is 17.5 Å². The topological polar surface area (TPSA) is 108 Å². The summed E-state index contributed by atoms with van der Waals surface area (Å²) in [6.45, 7) is 8.60. The van der Waals surface area contributed by atoms with E-state index < -0.39 is 15.7 Å². The van der Waals surface area contributed by atoms with Crippen molar-refractivity contribution in [3.63, 3.8) is 0 Å². The number of carbonyl (C=O) groups is 1. The molecule has 35 heavy (non-hydrogen) atoms. The molecule has 2 aromatic rings. The molecule has 9 nitrogen and oxygen atoms in total. The molecule has 0 saturated carbocycles. The number of piperidine rings is 1. The minimum Gasteiger partial charge on any atom is -0.474 e. The van der Waals surface area contributed by atoms with E-state index in [4.69, 9.17) is 14.2 Å². The van der Waals surface area contributed by atoms with Gasteiger partial charge in [-0.15, -0.1) is 0 Å². The zero-order valence-electron chi connectivity index (χ0n) is 20.7. The SMILES string of the molecule is CC(=O)CC(OC(C)C)N1CCC(Oc2ncnc(Oc3ccc(S(C)(=O)=O)cc3F)c2C)CC1. The average Bonchev–Trinajstić information content (AvgIpc) is 2.76. The zero-order chi connectivity index (χ0) is 25.8. The number of sulfone groups is 1. The van der Waals surface area contributed by atoms with Crippen LogP contribution in [0.25, 0.3) is 0 Å². The summed E-state index contributed by atoms with van der Waals surface area (Å²) in [5.41, 5.74) is 0.499. The summed E-state index contributed by atoms with van der Waals surface area (Å²) in [5.74, 6) is -0.434. The number of ketones is 1. The normalized spacial score (nSPS) is 16.3. The summed E-state index contributed by atoms with van der Waals surface area (Å²) in [6, 6.07) is 3.44. The molecule has 0 radical (unpaired) electrons. The summed E-state index contributed by atoms with van der Waals surface area (Å²) < 4.78 is 55.3. The maximum absolute atomic E-state index is 14.4. The van der Waals surface area contributed by atoms with E-state index in [9.17, 15) is 17.6 Å². The predicted molar refractivity (Wildman–Crippen MR) is 127 cm³/mol. The number of carbonyl (C=O) groups excluding carboxylic acids is 1. The molecule has 192 valence electrons. The van der Waals surface area contributed by atoms with Gasteiger partial charge >= 0.3 is 0 Å². The molecule has 0 amide bonds. The van der Waals surface area contributed by atoms with Crippen LogP contribution in [0.2, 0.25) is 0 Å². The van der Waals surface area contributed by atoms with Gasteiger partial charge in [0.2, 0.25) is 11.8 Å². The molecule has 3 rings (SSSR count). The predicted octanol–water partition coefficient (Wildman–Crippen LogP) is 3.69. The largest absolute Gasteiger partial charge is 0.474 e. The van der Waals surface area contributed by atoms with Gasteiger partial charge in [0.25, 0.3) is 0 Å².